The molecule has 1 heterocycles. The number of carbonyl (C=O) groups is 2. The zero-order valence-electron chi connectivity index (χ0n) is 19.1. The Labute approximate surface area is 193 Å². The summed E-state index contributed by atoms with van der Waals surface area (Å²) in [6, 6.07) is 14.3. The molecule has 0 bridgehead atoms. The van der Waals surface area contributed by atoms with Crippen molar-refractivity contribution in [3.8, 4) is 0 Å². The maximum atomic E-state index is 12.7. The molecule has 1 amide bonds. The van der Waals surface area contributed by atoms with Gasteiger partial charge in [0.2, 0.25) is 5.91 Å². The molecule has 1 atom stereocenters. The van der Waals surface area contributed by atoms with E-state index in [1.165, 1.54) is 5.56 Å². The van der Waals surface area contributed by atoms with Gasteiger partial charge in [0.25, 0.3) is 0 Å². The normalized spacial score (nSPS) is 16.2. The fraction of sp³-hybridized carbons (Fsp3) is 0.375. The Bertz CT molecular complexity index is 1020. The van der Waals surface area contributed by atoms with E-state index in [2.05, 4.69) is 23.2 Å². The van der Waals surface area contributed by atoms with Gasteiger partial charge in [-0.05, 0) is 41.7 Å². The highest BCUT2D eigenvalue weighted by atomic mass is 16.5. The Kier molecular flexibility index (Phi) is 8.02. The summed E-state index contributed by atoms with van der Waals surface area (Å²) in [7, 11) is 3.32. The van der Waals surface area contributed by atoms with Gasteiger partial charge in [0.1, 0.15) is 6.23 Å². The smallest absolute Gasteiger partial charge is 0.339 e. The number of carboxylic acids is 1. The van der Waals surface area contributed by atoms with E-state index >= 15 is 0 Å². The Morgan fingerprint density at radius 2 is 1.76 bits per heavy atom. The number of guanidine groups is 1. The monoisotopic (exact) mass is 454 g/mol. The number of carboxylic acid groups (broad SMARTS) is 1. The number of benzene rings is 2. The first-order valence-corrected chi connectivity index (χ1v) is 10.9. The molecule has 0 aromatic heterocycles. The first-order valence-electron chi connectivity index (χ1n) is 10.9. The average molecular weight is 455 g/mol. The Morgan fingerprint density at radius 3 is 2.39 bits per heavy atom. The molecule has 1 aliphatic rings. The number of nitrogens with one attached hydrogen (secondary N) is 1. The minimum absolute atomic E-state index is 0.0622. The van der Waals surface area contributed by atoms with Crippen molar-refractivity contribution in [2.24, 2.45) is 11.5 Å². The molecule has 3 rings (SSSR count). The molecule has 9 nitrogen and oxygen atoms in total. The van der Waals surface area contributed by atoms with Crippen LogP contribution in [0.25, 0.3) is 0 Å². The predicted molar refractivity (Wildman–Crippen MR) is 125 cm³/mol. The lowest BCUT2D eigenvalue weighted by Gasteiger charge is -2.28. The zero-order chi connectivity index (χ0) is 24.0. The number of anilines is 1. The third-order valence-electron chi connectivity index (χ3n) is 5.82. The summed E-state index contributed by atoms with van der Waals surface area (Å²) in [6.45, 7) is 0.906. The summed E-state index contributed by atoms with van der Waals surface area (Å²) >= 11 is 0. The van der Waals surface area contributed by atoms with Gasteiger partial charge in [0, 0.05) is 26.3 Å². The molecular weight excluding hydrogens is 422 g/mol. The summed E-state index contributed by atoms with van der Waals surface area (Å²) in [5.41, 5.74) is 15.9. The fourth-order valence-corrected chi connectivity index (χ4v) is 3.98. The maximum Gasteiger partial charge on any atom is 0.339 e. The van der Waals surface area contributed by atoms with Crippen molar-refractivity contribution in [3.05, 3.63) is 64.7 Å². The number of aliphatic carboxylic acids is 1. The van der Waals surface area contributed by atoms with Gasteiger partial charge in [0.15, 0.2) is 0 Å². The summed E-state index contributed by atoms with van der Waals surface area (Å²) < 4.78 is 5.74. The number of aryl methyl sites for hydroxylation is 2. The summed E-state index contributed by atoms with van der Waals surface area (Å²) in [5, 5.41) is 9.10. The first-order chi connectivity index (χ1) is 15.8. The molecule has 1 aliphatic heterocycles. The van der Waals surface area contributed by atoms with E-state index in [4.69, 9.17) is 21.3 Å². The van der Waals surface area contributed by atoms with Gasteiger partial charge >= 0.3 is 11.9 Å². The lowest BCUT2D eigenvalue weighted by atomic mass is 9.99. The molecular formula is C24H32N5O4+. The maximum absolute atomic E-state index is 12.7. The van der Waals surface area contributed by atoms with Gasteiger partial charge in [-0.15, -0.1) is 0 Å². The highest BCUT2D eigenvalue weighted by Gasteiger charge is 2.32. The number of nitrogens with two attached hydrogens (primary N) is 2. The average Bonchev–Trinajstić information content (AvgIpc) is 2.89. The molecule has 1 unspecified atom stereocenters. The Morgan fingerprint density at radius 1 is 1.12 bits per heavy atom. The second-order valence-corrected chi connectivity index (χ2v) is 8.17. The number of nitrogens with zero attached hydrogens (tertiary/aromatic N) is 2. The van der Waals surface area contributed by atoms with Crippen LogP contribution < -0.4 is 21.4 Å². The number of hydrogen-bond donors (Lipinski definition) is 4. The Hall–Kier alpha value is -3.43. The van der Waals surface area contributed by atoms with Gasteiger partial charge < -0.3 is 14.7 Å². The van der Waals surface area contributed by atoms with E-state index in [-0.39, 0.29) is 31.4 Å². The molecule has 2 aromatic carbocycles. The van der Waals surface area contributed by atoms with Crippen LogP contribution in [-0.4, -0.2) is 55.1 Å². The lowest BCUT2D eigenvalue weighted by molar-refractivity contribution is -0.477. The number of amides is 1. The van der Waals surface area contributed by atoms with Crippen LogP contribution in [0.4, 0.5) is 5.69 Å². The summed E-state index contributed by atoms with van der Waals surface area (Å²) in [5.74, 6) is -0.807. The molecule has 0 radical (unpaired) electrons. The third kappa shape index (κ3) is 6.30. The number of ether oxygens (including phenoxy) is 1. The summed E-state index contributed by atoms with van der Waals surface area (Å²) in [4.78, 5) is 30.1. The minimum Gasteiger partial charge on any atom is -0.481 e. The topological polar surface area (TPSA) is 136 Å². The molecule has 0 fully saturated rings. The van der Waals surface area contributed by atoms with Crippen LogP contribution in [0, 0.1) is 0 Å². The van der Waals surface area contributed by atoms with Gasteiger partial charge in [-0.25, -0.2) is 0 Å². The molecule has 9 heteroatoms. The van der Waals surface area contributed by atoms with Crippen molar-refractivity contribution in [1.82, 2.24) is 4.90 Å². The number of rotatable bonds is 9. The highest BCUT2D eigenvalue weighted by molar-refractivity contribution is 5.96. The molecule has 2 aromatic rings. The second-order valence-electron chi connectivity index (χ2n) is 8.17. The zero-order valence-corrected chi connectivity index (χ0v) is 19.1. The van der Waals surface area contributed by atoms with Crippen molar-refractivity contribution >= 4 is 23.5 Å². The highest BCUT2D eigenvalue weighted by Crippen LogP contribution is 2.34. The van der Waals surface area contributed by atoms with E-state index in [0.29, 0.717) is 6.54 Å². The van der Waals surface area contributed by atoms with Crippen molar-refractivity contribution in [2.75, 3.05) is 32.1 Å². The molecule has 0 spiro atoms. The van der Waals surface area contributed by atoms with Crippen molar-refractivity contribution in [2.45, 2.75) is 32.0 Å². The standard InChI is InChI=1S/C24H31N5O4/c1-28-20-10-9-17(6-3-16-4-7-18(8-5-16)14-27-24(25)26)13-19(20)23(33-2)29(15-21(28)30)12-11-22(31)32/h4-5,7-10,13,23H,3,6,11-12,14-15H2,1-2H3,(H,31,32)(H4,25,26,27)/p+1. The fourth-order valence-electron chi connectivity index (χ4n) is 3.98. The number of methoxy groups -OCH3 is 1. The minimum atomic E-state index is -0.907. The largest absolute Gasteiger partial charge is 0.481 e. The van der Waals surface area contributed by atoms with Crippen molar-refractivity contribution in [3.63, 3.8) is 0 Å². The molecule has 0 aliphatic carbocycles. The van der Waals surface area contributed by atoms with Crippen LogP contribution in [0.3, 0.4) is 0 Å². The number of carbonyl (C=O) groups excluding carboxylic acids is 1. The molecule has 6 N–H and O–H groups in total. The SMILES string of the molecule is COC1c2cc(CCc3ccc(C[NH+]=C(N)N)cc3)ccc2N(C)C(=O)CN1CCC(=O)O. The second kappa shape index (κ2) is 10.9. The van der Waals surface area contributed by atoms with Crippen LogP contribution in [0.1, 0.15) is 34.9 Å². The number of fused-ring (bicyclic) bond motifs is 1. The van der Waals surface area contributed by atoms with E-state index < -0.39 is 12.2 Å². The first kappa shape index (κ1) is 24.2. The molecule has 176 valence electrons. The van der Waals surface area contributed by atoms with Gasteiger partial charge in [-0.3, -0.25) is 30.9 Å². The van der Waals surface area contributed by atoms with Gasteiger partial charge in [-0.1, -0.05) is 30.3 Å². The van der Waals surface area contributed by atoms with Gasteiger partial charge in [0.05, 0.1) is 25.2 Å². The van der Waals surface area contributed by atoms with Crippen LogP contribution >= 0.6 is 0 Å². The number of likely N-dealkylation sites (N-methyl/N-ethyl adjacent to an activating group) is 1. The predicted octanol–water partition coefficient (Wildman–Crippen LogP) is -0.276. The van der Waals surface area contributed by atoms with Crippen molar-refractivity contribution < 1.29 is 24.4 Å². The lowest BCUT2D eigenvalue weighted by Crippen LogP contribution is -2.76. The van der Waals surface area contributed by atoms with Crippen molar-refractivity contribution in [1.29, 1.82) is 0 Å². The van der Waals surface area contributed by atoms with Gasteiger partial charge in [-0.2, -0.15) is 0 Å². The van der Waals surface area contributed by atoms with Crippen LogP contribution in [0.5, 0.6) is 0 Å². The van der Waals surface area contributed by atoms with E-state index in [0.717, 1.165) is 35.2 Å². The quantitative estimate of drug-likeness (QED) is 0.302. The molecule has 0 saturated carbocycles. The molecule has 33 heavy (non-hydrogen) atoms. The van der Waals surface area contributed by atoms with Crippen LogP contribution in [0.15, 0.2) is 42.5 Å². The number of hydrogen-bond acceptors (Lipinski definition) is 4. The summed E-state index contributed by atoms with van der Waals surface area (Å²) in [6.07, 6.45) is 1.12. The van der Waals surface area contributed by atoms with Crippen LogP contribution in [0.2, 0.25) is 0 Å². The Balaban J connectivity index is 1.77. The van der Waals surface area contributed by atoms with Crippen LogP contribution in [-0.2, 0) is 33.7 Å². The molecule has 0 saturated heterocycles. The van der Waals surface area contributed by atoms with E-state index in [9.17, 15) is 9.59 Å². The van der Waals surface area contributed by atoms with E-state index in [1.54, 1.807) is 24.0 Å². The third-order valence-corrected chi connectivity index (χ3v) is 5.82. The van der Waals surface area contributed by atoms with E-state index in [1.807, 2.05) is 24.3 Å².